The summed E-state index contributed by atoms with van der Waals surface area (Å²) in [5, 5.41) is 0. The molecule has 0 aliphatic carbocycles. The fraction of sp³-hybridized carbons (Fsp3) is 0.0556. The van der Waals surface area contributed by atoms with Gasteiger partial charge in [0.05, 0.1) is 5.56 Å². The van der Waals surface area contributed by atoms with Crippen molar-refractivity contribution in [1.29, 1.82) is 0 Å². The second-order valence-corrected chi connectivity index (χ2v) is 5.42. The molecule has 3 aromatic heterocycles. The molecule has 6 nitrogen and oxygen atoms in total. The second-order valence-electron chi connectivity index (χ2n) is 5.42. The average Bonchev–Trinajstić information content (AvgIpc) is 3.01. The molecule has 7 heteroatoms. The van der Waals surface area contributed by atoms with Crippen molar-refractivity contribution >= 4 is 29.4 Å². The first-order chi connectivity index (χ1) is 11.8. The number of nitrogen functional groups attached to an aromatic ring is 1. The van der Waals surface area contributed by atoms with E-state index in [2.05, 4.69) is 9.97 Å². The van der Waals surface area contributed by atoms with E-state index in [4.69, 9.17) is 16.5 Å². The maximum Gasteiger partial charge on any atom is 0.164 e. The third-order valence-corrected chi connectivity index (χ3v) is 3.93. The van der Waals surface area contributed by atoms with Gasteiger partial charge in [-0.2, -0.15) is 0 Å². The zero-order valence-electron chi connectivity index (χ0n) is 13.3. The van der Waals surface area contributed by atoms with Crippen LogP contribution >= 0.6 is 12.4 Å². The summed E-state index contributed by atoms with van der Waals surface area (Å²) < 4.78 is 1.99. The van der Waals surface area contributed by atoms with Crippen molar-refractivity contribution in [3.05, 3.63) is 66.5 Å². The lowest BCUT2D eigenvalue weighted by molar-refractivity contribution is 1.04. The Morgan fingerprint density at radius 3 is 2.36 bits per heavy atom. The lowest BCUT2D eigenvalue weighted by atomic mass is 10.2. The van der Waals surface area contributed by atoms with Crippen molar-refractivity contribution in [2.24, 2.45) is 5.73 Å². The third kappa shape index (κ3) is 2.93. The van der Waals surface area contributed by atoms with Gasteiger partial charge in [-0.05, 0) is 42.0 Å². The Morgan fingerprint density at radius 2 is 1.64 bits per heavy atom. The molecule has 0 bridgehead atoms. The number of aromatic nitrogens is 4. The highest BCUT2D eigenvalue weighted by molar-refractivity contribution is 5.85. The number of benzene rings is 1. The Hall–Kier alpha value is -2.96. The van der Waals surface area contributed by atoms with E-state index in [1.165, 1.54) is 0 Å². The summed E-state index contributed by atoms with van der Waals surface area (Å²) in [4.78, 5) is 13.4. The van der Waals surface area contributed by atoms with E-state index in [1.807, 2.05) is 53.1 Å². The number of hydrogen-bond acceptors (Lipinski definition) is 5. The molecule has 25 heavy (non-hydrogen) atoms. The van der Waals surface area contributed by atoms with Gasteiger partial charge in [0.25, 0.3) is 0 Å². The van der Waals surface area contributed by atoms with Gasteiger partial charge in [0.2, 0.25) is 0 Å². The Balaban J connectivity index is 0.00000182. The molecule has 0 radical (unpaired) electrons. The summed E-state index contributed by atoms with van der Waals surface area (Å²) in [5.74, 6) is 1.16. The minimum absolute atomic E-state index is 0. The topological polar surface area (TPSA) is 95.6 Å². The van der Waals surface area contributed by atoms with Crippen LogP contribution in [0.4, 0.5) is 5.82 Å². The molecule has 4 rings (SSSR count). The fourth-order valence-electron chi connectivity index (χ4n) is 2.73. The van der Waals surface area contributed by atoms with Crippen LogP contribution in [-0.4, -0.2) is 19.5 Å². The molecule has 3 heterocycles. The van der Waals surface area contributed by atoms with Crippen LogP contribution in [0.5, 0.6) is 0 Å². The Bertz CT molecular complexity index is 1010. The van der Waals surface area contributed by atoms with E-state index in [9.17, 15) is 0 Å². The first-order valence-electron chi connectivity index (χ1n) is 7.61. The molecule has 0 unspecified atom stereocenters. The van der Waals surface area contributed by atoms with Crippen molar-refractivity contribution in [1.82, 2.24) is 19.5 Å². The third-order valence-electron chi connectivity index (χ3n) is 3.93. The quantitative estimate of drug-likeness (QED) is 0.591. The molecular weight excluding hydrogens is 336 g/mol. The molecule has 0 spiro atoms. The summed E-state index contributed by atoms with van der Waals surface area (Å²) in [6, 6.07) is 15.6. The maximum absolute atomic E-state index is 6.07. The van der Waals surface area contributed by atoms with Crippen LogP contribution in [0.1, 0.15) is 5.56 Å². The highest BCUT2D eigenvalue weighted by Crippen LogP contribution is 2.29. The number of pyridine rings is 2. The highest BCUT2D eigenvalue weighted by atomic mass is 35.5. The lowest BCUT2D eigenvalue weighted by Crippen LogP contribution is -2.02. The first-order valence-corrected chi connectivity index (χ1v) is 7.61. The average molecular weight is 353 g/mol. The fourth-order valence-corrected chi connectivity index (χ4v) is 2.73. The van der Waals surface area contributed by atoms with Crippen molar-refractivity contribution in [2.45, 2.75) is 6.54 Å². The number of rotatable bonds is 3. The Kier molecular flexibility index (Phi) is 4.65. The predicted molar refractivity (Wildman–Crippen MR) is 102 cm³/mol. The van der Waals surface area contributed by atoms with E-state index >= 15 is 0 Å². The Labute approximate surface area is 151 Å². The van der Waals surface area contributed by atoms with Gasteiger partial charge in [0, 0.05) is 24.6 Å². The van der Waals surface area contributed by atoms with Crippen LogP contribution in [0, 0.1) is 0 Å². The number of anilines is 1. The van der Waals surface area contributed by atoms with Gasteiger partial charge in [-0.3, -0.25) is 4.57 Å². The zero-order chi connectivity index (χ0) is 16.5. The number of halogens is 1. The van der Waals surface area contributed by atoms with E-state index in [0.717, 1.165) is 33.8 Å². The minimum atomic E-state index is 0. The van der Waals surface area contributed by atoms with Crippen LogP contribution in [0.2, 0.25) is 0 Å². The molecule has 126 valence electrons. The number of imidazole rings is 1. The van der Waals surface area contributed by atoms with Crippen LogP contribution < -0.4 is 11.5 Å². The van der Waals surface area contributed by atoms with E-state index < -0.39 is 0 Å². The van der Waals surface area contributed by atoms with Gasteiger partial charge in [0.1, 0.15) is 11.3 Å². The molecule has 0 atom stereocenters. The lowest BCUT2D eigenvalue weighted by Gasteiger charge is -2.10. The first kappa shape index (κ1) is 16.9. The smallest absolute Gasteiger partial charge is 0.164 e. The van der Waals surface area contributed by atoms with Gasteiger partial charge in [-0.1, -0.05) is 12.1 Å². The van der Waals surface area contributed by atoms with E-state index in [1.54, 1.807) is 12.4 Å². The van der Waals surface area contributed by atoms with Crippen molar-refractivity contribution in [3.8, 4) is 17.1 Å². The van der Waals surface area contributed by atoms with Gasteiger partial charge in [-0.25, -0.2) is 15.0 Å². The minimum Gasteiger partial charge on any atom is -0.383 e. The van der Waals surface area contributed by atoms with Crippen LogP contribution in [0.25, 0.3) is 28.2 Å². The summed E-state index contributed by atoms with van der Waals surface area (Å²) in [7, 11) is 0. The molecular formula is C18H17ClN6. The standard InChI is InChI=1S/C18H16N6.ClH/c19-11-12-5-7-13(8-6-12)24-17(14-3-1-9-21-16(14)20)23-15-4-2-10-22-18(15)24;/h1-10H,11,19H2,(H2,20,21);1H. The van der Waals surface area contributed by atoms with Gasteiger partial charge in [0.15, 0.2) is 11.5 Å². The van der Waals surface area contributed by atoms with Crippen molar-refractivity contribution in [2.75, 3.05) is 5.73 Å². The van der Waals surface area contributed by atoms with Crippen LogP contribution in [-0.2, 0) is 6.54 Å². The number of nitrogens with zero attached hydrogens (tertiary/aromatic N) is 4. The van der Waals surface area contributed by atoms with Crippen LogP contribution in [0.3, 0.4) is 0 Å². The number of hydrogen-bond donors (Lipinski definition) is 2. The number of nitrogens with two attached hydrogens (primary N) is 2. The molecule has 0 saturated carbocycles. The second kappa shape index (κ2) is 6.88. The summed E-state index contributed by atoms with van der Waals surface area (Å²) >= 11 is 0. The summed E-state index contributed by atoms with van der Waals surface area (Å²) in [6.45, 7) is 0.506. The van der Waals surface area contributed by atoms with Gasteiger partial charge >= 0.3 is 0 Å². The molecule has 0 aliphatic heterocycles. The largest absolute Gasteiger partial charge is 0.383 e. The molecule has 0 aliphatic rings. The predicted octanol–water partition coefficient (Wildman–Crippen LogP) is 2.95. The molecule has 4 N–H and O–H groups in total. The van der Waals surface area contributed by atoms with Crippen LogP contribution in [0.15, 0.2) is 60.9 Å². The van der Waals surface area contributed by atoms with Gasteiger partial charge < -0.3 is 11.5 Å². The molecule has 0 fully saturated rings. The highest BCUT2D eigenvalue weighted by Gasteiger charge is 2.17. The normalized spacial score (nSPS) is 10.6. The molecule has 0 saturated heterocycles. The van der Waals surface area contributed by atoms with Gasteiger partial charge in [-0.15, -0.1) is 12.4 Å². The molecule has 4 aromatic rings. The van der Waals surface area contributed by atoms with E-state index in [0.29, 0.717) is 12.4 Å². The van der Waals surface area contributed by atoms with Crippen molar-refractivity contribution in [3.63, 3.8) is 0 Å². The summed E-state index contributed by atoms with van der Waals surface area (Å²) in [5.41, 5.74) is 16.1. The molecule has 0 amide bonds. The van der Waals surface area contributed by atoms with Crippen molar-refractivity contribution < 1.29 is 0 Å². The summed E-state index contributed by atoms with van der Waals surface area (Å²) in [6.07, 6.45) is 3.42. The monoisotopic (exact) mass is 352 g/mol. The number of fused-ring (bicyclic) bond motifs is 1. The van der Waals surface area contributed by atoms with E-state index in [-0.39, 0.29) is 12.4 Å². The Morgan fingerprint density at radius 1 is 0.920 bits per heavy atom. The zero-order valence-corrected chi connectivity index (χ0v) is 14.1. The maximum atomic E-state index is 6.07. The molecule has 1 aromatic carbocycles. The SMILES string of the molecule is Cl.NCc1ccc(-n2c(-c3cccnc3N)nc3cccnc32)cc1.